The Balaban J connectivity index is 1.75. The van der Waals surface area contributed by atoms with Crippen LogP contribution in [0.4, 0.5) is 23.1 Å². The quantitative estimate of drug-likeness (QED) is 0.723. The van der Waals surface area contributed by atoms with Crippen LogP contribution in [0.3, 0.4) is 0 Å². The zero-order valence-electron chi connectivity index (χ0n) is 14.2. The Bertz CT molecular complexity index is 807. The second-order valence-corrected chi connectivity index (χ2v) is 5.84. The highest BCUT2D eigenvalue weighted by Gasteiger charge is 2.03. The van der Waals surface area contributed by atoms with Gasteiger partial charge in [0.05, 0.1) is 6.20 Å². The van der Waals surface area contributed by atoms with Gasteiger partial charge < -0.3 is 10.6 Å². The van der Waals surface area contributed by atoms with Crippen LogP contribution in [0.5, 0.6) is 0 Å². The van der Waals surface area contributed by atoms with Crippen molar-refractivity contribution in [1.29, 1.82) is 0 Å². The molecule has 2 aromatic carbocycles. The number of nitrogens with one attached hydrogen (secondary N) is 2. The van der Waals surface area contributed by atoms with E-state index in [9.17, 15) is 0 Å². The van der Waals surface area contributed by atoms with Gasteiger partial charge in [0.25, 0.3) is 0 Å². The molecule has 0 spiro atoms. The van der Waals surface area contributed by atoms with Crippen LogP contribution in [0.15, 0.2) is 48.7 Å². The molecule has 0 aliphatic rings. The first-order chi connectivity index (χ1) is 11.6. The molecule has 0 atom stereocenters. The van der Waals surface area contributed by atoms with Crippen LogP contribution in [0.1, 0.15) is 23.6 Å². The van der Waals surface area contributed by atoms with E-state index in [0.717, 1.165) is 17.8 Å². The van der Waals surface area contributed by atoms with Crippen molar-refractivity contribution in [2.45, 2.75) is 27.2 Å². The van der Waals surface area contributed by atoms with Gasteiger partial charge in [0.2, 0.25) is 5.95 Å². The van der Waals surface area contributed by atoms with Crippen molar-refractivity contribution in [3.05, 3.63) is 65.4 Å². The smallest absolute Gasteiger partial charge is 0.249 e. The number of rotatable bonds is 5. The summed E-state index contributed by atoms with van der Waals surface area (Å²) in [4.78, 5) is 4.47. The van der Waals surface area contributed by atoms with E-state index in [1.807, 2.05) is 12.1 Å². The van der Waals surface area contributed by atoms with Gasteiger partial charge in [-0.25, -0.2) is 0 Å². The summed E-state index contributed by atoms with van der Waals surface area (Å²) in [6, 6.07) is 14.5. The molecular weight excluding hydrogens is 298 g/mol. The lowest BCUT2D eigenvalue weighted by Crippen LogP contribution is -2.02. The van der Waals surface area contributed by atoms with E-state index in [-0.39, 0.29) is 0 Å². The standard InChI is InChI=1S/C19H21N5/c1-4-15-5-7-16(8-6-15)21-18-12-20-24-19(23-18)22-17-10-13(2)9-14(3)11-17/h5-12H,4H2,1-3H3,(H2,21,22,23,24). The Morgan fingerprint density at radius 2 is 1.58 bits per heavy atom. The van der Waals surface area contributed by atoms with Gasteiger partial charge in [-0.2, -0.15) is 10.1 Å². The number of nitrogens with zero attached hydrogens (tertiary/aromatic N) is 3. The maximum atomic E-state index is 4.47. The summed E-state index contributed by atoms with van der Waals surface area (Å²) in [5, 5.41) is 14.5. The maximum Gasteiger partial charge on any atom is 0.249 e. The van der Waals surface area contributed by atoms with Crippen LogP contribution in [0.2, 0.25) is 0 Å². The summed E-state index contributed by atoms with van der Waals surface area (Å²) in [6.45, 7) is 6.27. The highest BCUT2D eigenvalue weighted by molar-refractivity contribution is 5.59. The summed E-state index contributed by atoms with van der Waals surface area (Å²) in [5.41, 5.74) is 5.62. The van der Waals surface area contributed by atoms with Gasteiger partial charge >= 0.3 is 0 Å². The Labute approximate surface area is 142 Å². The Morgan fingerprint density at radius 3 is 2.25 bits per heavy atom. The SMILES string of the molecule is CCc1ccc(Nc2cnnc(Nc3cc(C)cc(C)c3)n2)cc1. The van der Waals surface area contributed by atoms with Crippen molar-refractivity contribution in [2.75, 3.05) is 10.6 Å². The number of aryl methyl sites for hydroxylation is 3. The minimum atomic E-state index is 0.468. The molecular formula is C19H21N5. The molecule has 0 saturated heterocycles. The molecule has 5 nitrogen and oxygen atoms in total. The second kappa shape index (κ2) is 7.08. The van der Waals surface area contributed by atoms with Crippen LogP contribution in [-0.2, 0) is 6.42 Å². The van der Waals surface area contributed by atoms with Crippen molar-refractivity contribution in [2.24, 2.45) is 0 Å². The second-order valence-electron chi connectivity index (χ2n) is 5.84. The fourth-order valence-electron chi connectivity index (χ4n) is 2.56. The van der Waals surface area contributed by atoms with Crippen molar-refractivity contribution in [1.82, 2.24) is 15.2 Å². The molecule has 3 aromatic rings. The highest BCUT2D eigenvalue weighted by atomic mass is 15.3. The first-order valence-electron chi connectivity index (χ1n) is 8.03. The summed E-state index contributed by atoms with van der Waals surface area (Å²) in [7, 11) is 0. The maximum absolute atomic E-state index is 4.47. The van der Waals surface area contributed by atoms with Gasteiger partial charge in [-0.15, -0.1) is 5.10 Å². The Morgan fingerprint density at radius 1 is 0.875 bits per heavy atom. The lowest BCUT2D eigenvalue weighted by molar-refractivity contribution is 0.982. The third-order valence-corrected chi connectivity index (χ3v) is 3.67. The normalized spacial score (nSPS) is 10.5. The van der Waals surface area contributed by atoms with E-state index in [2.05, 4.69) is 76.9 Å². The first-order valence-corrected chi connectivity index (χ1v) is 8.03. The zero-order chi connectivity index (χ0) is 16.9. The number of anilines is 4. The van der Waals surface area contributed by atoms with E-state index in [1.54, 1.807) is 6.20 Å². The van der Waals surface area contributed by atoms with Crippen molar-refractivity contribution in [3.63, 3.8) is 0 Å². The topological polar surface area (TPSA) is 62.7 Å². The molecule has 122 valence electrons. The van der Waals surface area contributed by atoms with Gasteiger partial charge in [-0.1, -0.05) is 25.1 Å². The minimum absolute atomic E-state index is 0.468. The monoisotopic (exact) mass is 319 g/mol. The van der Waals surface area contributed by atoms with Gasteiger partial charge in [-0.3, -0.25) is 0 Å². The number of benzene rings is 2. The molecule has 5 heteroatoms. The lowest BCUT2D eigenvalue weighted by Gasteiger charge is -2.09. The molecule has 0 saturated carbocycles. The average molecular weight is 319 g/mol. The minimum Gasteiger partial charge on any atom is -0.339 e. The van der Waals surface area contributed by atoms with Crippen molar-refractivity contribution in [3.8, 4) is 0 Å². The molecule has 0 unspecified atom stereocenters. The van der Waals surface area contributed by atoms with E-state index >= 15 is 0 Å². The molecule has 0 aliphatic heterocycles. The highest BCUT2D eigenvalue weighted by Crippen LogP contribution is 2.19. The fourth-order valence-corrected chi connectivity index (χ4v) is 2.56. The van der Waals surface area contributed by atoms with E-state index in [1.165, 1.54) is 16.7 Å². The van der Waals surface area contributed by atoms with Crippen LogP contribution in [0.25, 0.3) is 0 Å². The fraction of sp³-hybridized carbons (Fsp3) is 0.211. The van der Waals surface area contributed by atoms with Gasteiger partial charge in [0.15, 0.2) is 5.82 Å². The van der Waals surface area contributed by atoms with Gasteiger partial charge in [-0.05, 0) is 61.2 Å². The summed E-state index contributed by atoms with van der Waals surface area (Å²) < 4.78 is 0. The van der Waals surface area contributed by atoms with Crippen molar-refractivity contribution >= 4 is 23.1 Å². The van der Waals surface area contributed by atoms with Crippen LogP contribution >= 0.6 is 0 Å². The summed E-state index contributed by atoms with van der Waals surface area (Å²) >= 11 is 0. The Hall–Kier alpha value is -2.95. The summed E-state index contributed by atoms with van der Waals surface area (Å²) in [6.07, 6.45) is 2.64. The molecule has 2 N–H and O–H groups in total. The molecule has 24 heavy (non-hydrogen) atoms. The third kappa shape index (κ3) is 4.07. The third-order valence-electron chi connectivity index (χ3n) is 3.67. The Kier molecular flexibility index (Phi) is 4.70. The molecule has 3 rings (SSSR count). The molecule has 0 amide bonds. The first kappa shape index (κ1) is 15.9. The largest absolute Gasteiger partial charge is 0.339 e. The van der Waals surface area contributed by atoms with Crippen LogP contribution < -0.4 is 10.6 Å². The number of aromatic nitrogens is 3. The summed E-state index contributed by atoms with van der Waals surface area (Å²) in [5.74, 6) is 1.12. The molecule has 0 aliphatic carbocycles. The number of hydrogen-bond donors (Lipinski definition) is 2. The predicted octanol–water partition coefficient (Wildman–Crippen LogP) is 4.54. The molecule has 0 radical (unpaired) electrons. The molecule has 1 aromatic heterocycles. The van der Waals surface area contributed by atoms with E-state index in [4.69, 9.17) is 0 Å². The van der Waals surface area contributed by atoms with Gasteiger partial charge in [0, 0.05) is 11.4 Å². The van der Waals surface area contributed by atoms with Crippen LogP contribution in [0, 0.1) is 13.8 Å². The lowest BCUT2D eigenvalue weighted by atomic mass is 10.1. The average Bonchev–Trinajstić information content (AvgIpc) is 2.55. The zero-order valence-corrected chi connectivity index (χ0v) is 14.2. The van der Waals surface area contributed by atoms with Crippen molar-refractivity contribution < 1.29 is 0 Å². The predicted molar refractivity (Wildman–Crippen MR) is 98.1 cm³/mol. The van der Waals surface area contributed by atoms with Gasteiger partial charge in [0.1, 0.15) is 0 Å². The van der Waals surface area contributed by atoms with E-state index < -0.39 is 0 Å². The molecule has 0 fully saturated rings. The molecule has 1 heterocycles. The van der Waals surface area contributed by atoms with E-state index in [0.29, 0.717) is 11.8 Å². The number of hydrogen-bond acceptors (Lipinski definition) is 5. The van der Waals surface area contributed by atoms with Crippen LogP contribution in [-0.4, -0.2) is 15.2 Å². The molecule has 0 bridgehead atoms.